The number of aromatic nitrogens is 1. The van der Waals surface area contributed by atoms with E-state index in [1.807, 2.05) is 32.0 Å². The first-order chi connectivity index (χ1) is 12.0. The predicted molar refractivity (Wildman–Crippen MR) is 99.6 cm³/mol. The van der Waals surface area contributed by atoms with Gasteiger partial charge in [0, 0.05) is 6.04 Å². The number of nitrogens with zero attached hydrogens (tertiary/aromatic N) is 2. The standard InChI is InChI=1S/C18H24N4O2S/c1-12(2)19-18(24)21-16(23)11-22-10-6-5-8-14(22)17-20-13-7-3-4-9-15(13)25-17/h3-4,7,9,12,14H,5-6,8,10-11H2,1-2H3,(H2,19,21,23,24)/t14-/m0/s1. The van der Waals surface area contributed by atoms with Crippen LogP contribution in [0.2, 0.25) is 0 Å². The second-order valence-electron chi connectivity index (χ2n) is 6.68. The van der Waals surface area contributed by atoms with Crippen LogP contribution in [0.4, 0.5) is 4.79 Å². The van der Waals surface area contributed by atoms with Crippen molar-refractivity contribution in [2.45, 2.75) is 45.2 Å². The average Bonchev–Trinajstić information content (AvgIpc) is 2.98. The summed E-state index contributed by atoms with van der Waals surface area (Å²) >= 11 is 1.69. The lowest BCUT2D eigenvalue weighted by Crippen LogP contribution is -2.47. The van der Waals surface area contributed by atoms with Crippen molar-refractivity contribution in [3.05, 3.63) is 29.3 Å². The molecule has 2 heterocycles. The van der Waals surface area contributed by atoms with Crippen LogP contribution in [-0.2, 0) is 4.79 Å². The summed E-state index contributed by atoms with van der Waals surface area (Å²) in [6.45, 7) is 4.78. The number of thiazole rings is 1. The molecule has 0 radical (unpaired) electrons. The van der Waals surface area contributed by atoms with E-state index < -0.39 is 6.03 Å². The molecule has 6 nitrogen and oxygen atoms in total. The normalized spacial score (nSPS) is 18.4. The molecule has 7 heteroatoms. The molecule has 1 fully saturated rings. The van der Waals surface area contributed by atoms with E-state index in [1.54, 1.807) is 11.3 Å². The highest BCUT2D eigenvalue weighted by molar-refractivity contribution is 7.18. The summed E-state index contributed by atoms with van der Waals surface area (Å²) in [6.07, 6.45) is 3.19. The number of imide groups is 1. The lowest BCUT2D eigenvalue weighted by Gasteiger charge is -2.33. The molecule has 25 heavy (non-hydrogen) atoms. The lowest BCUT2D eigenvalue weighted by molar-refractivity contribution is -0.122. The molecule has 1 atom stereocenters. The molecule has 3 amide bonds. The summed E-state index contributed by atoms with van der Waals surface area (Å²) < 4.78 is 1.17. The highest BCUT2D eigenvalue weighted by Crippen LogP contribution is 2.35. The van der Waals surface area contributed by atoms with E-state index in [9.17, 15) is 9.59 Å². The third kappa shape index (κ3) is 4.55. The van der Waals surface area contributed by atoms with Crippen molar-refractivity contribution in [2.75, 3.05) is 13.1 Å². The quantitative estimate of drug-likeness (QED) is 0.879. The predicted octanol–water partition coefficient (Wildman–Crippen LogP) is 3.06. The molecule has 0 unspecified atom stereocenters. The average molecular weight is 360 g/mol. The van der Waals surface area contributed by atoms with E-state index >= 15 is 0 Å². The molecule has 134 valence electrons. The van der Waals surface area contributed by atoms with Crippen molar-refractivity contribution in [1.29, 1.82) is 0 Å². The Bertz CT molecular complexity index is 725. The van der Waals surface area contributed by atoms with Gasteiger partial charge in [-0.1, -0.05) is 18.6 Å². The first-order valence-electron chi connectivity index (χ1n) is 8.73. The van der Waals surface area contributed by atoms with Crippen LogP contribution in [0, 0.1) is 0 Å². The van der Waals surface area contributed by atoms with Crippen LogP contribution in [0.1, 0.15) is 44.2 Å². The van der Waals surface area contributed by atoms with E-state index in [1.165, 1.54) is 4.70 Å². The number of nitrogens with one attached hydrogen (secondary N) is 2. The fourth-order valence-corrected chi connectivity index (χ4v) is 4.28. The van der Waals surface area contributed by atoms with Crippen molar-refractivity contribution < 1.29 is 9.59 Å². The smallest absolute Gasteiger partial charge is 0.321 e. The maximum atomic E-state index is 12.2. The highest BCUT2D eigenvalue weighted by atomic mass is 32.1. The molecule has 0 saturated carbocycles. The second kappa shape index (κ2) is 7.93. The van der Waals surface area contributed by atoms with Crippen LogP contribution < -0.4 is 10.6 Å². The Kier molecular flexibility index (Phi) is 5.65. The van der Waals surface area contributed by atoms with Gasteiger partial charge in [-0.25, -0.2) is 9.78 Å². The van der Waals surface area contributed by atoms with Gasteiger partial charge < -0.3 is 5.32 Å². The zero-order valence-electron chi connectivity index (χ0n) is 14.6. The zero-order valence-corrected chi connectivity index (χ0v) is 15.4. The number of rotatable bonds is 4. The molecule has 1 saturated heterocycles. The molecule has 3 rings (SSSR count). The minimum Gasteiger partial charge on any atom is -0.336 e. The van der Waals surface area contributed by atoms with Gasteiger partial charge >= 0.3 is 6.03 Å². The van der Waals surface area contributed by atoms with Crippen molar-refractivity contribution >= 4 is 33.5 Å². The molecule has 2 aromatic rings. The summed E-state index contributed by atoms with van der Waals surface area (Å²) in [6, 6.07) is 7.81. The lowest BCUT2D eigenvalue weighted by atomic mass is 10.0. The Morgan fingerprint density at radius 1 is 1.32 bits per heavy atom. The Morgan fingerprint density at radius 2 is 2.12 bits per heavy atom. The molecular weight excluding hydrogens is 336 g/mol. The van der Waals surface area contributed by atoms with Crippen LogP contribution in [0.15, 0.2) is 24.3 Å². The number of carbonyl (C=O) groups is 2. The van der Waals surface area contributed by atoms with Gasteiger partial charge in [-0.15, -0.1) is 11.3 Å². The maximum Gasteiger partial charge on any atom is 0.321 e. The number of carbonyl (C=O) groups excluding carboxylic acids is 2. The second-order valence-corrected chi connectivity index (χ2v) is 7.74. The van der Waals surface area contributed by atoms with Crippen LogP contribution in [0.5, 0.6) is 0 Å². The van der Waals surface area contributed by atoms with Gasteiger partial charge in [-0.05, 0) is 45.4 Å². The minimum atomic E-state index is -0.437. The van der Waals surface area contributed by atoms with Gasteiger partial charge in [0.15, 0.2) is 0 Å². The molecule has 2 N–H and O–H groups in total. The number of piperidine rings is 1. The maximum absolute atomic E-state index is 12.2. The highest BCUT2D eigenvalue weighted by Gasteiger charge is 2.28. The Labute approximate surface area is 151 Å². The first kappa shape index (κ1) is 17.8. The van der Waals surface area contributed by atoms with Crippen molar-refractivity contribution in [3.63, 3.8) is 0 Å². The van der Waals surface area contributed by atoms with Gasteiger partial charge in [0.25, 0.3) is 0 Å². The fraction of sp³-hybridized carbons (Fsp3) is 0.500. The van der Waals surface area contributed by atoms with Crippen molar-refractivity contribution in [1.82, 2.24) is 20.5 Å². The number of urea groups is 1. The Hall–Kier alpha value is -1.99. The third-order valence-corrected chi connectivity index (χ3v) is 5.37. The first-order valence-corrected chi connectivity index (χ1v) is 9.54. The van der Waals surface area contributed by atoms with Crippen LogP contribution in [-0.4, -0.2) is 41.0 Å². The zero-order chi connectivity index (χ0) is 17.8. The van der Waals surface area contributed by atoms with Crippen LogP contribution >= 0.6 is 11.3 Å². The van der Waals surface area contributed by atoms with E-state index in [-0.39, 0.29) is 24.5 Å². The SMILES string of the molecule is CC(C)NC(=O)NC(=O)CN1CCCC[C@H]1c1nc2ccccc2s1. The van der Waals surface area contributed by atoms with E-state index in [0.717, 1.165) is 36.3 Å². The van der Waals surface area contributed by atoms with Gasteiger partial charge in [0.2, 0.25) is 5.91 Å². The number of amides is 3. The molecule has 1 aromatic heterocycles. The number of likely N-dealkylation sites (tertiary alicyclic amines) is 1. The summed E-state index contributed by atoms with van der Waals surface area (Å²) in [5.41, 5.74) is 1.01. The molecule has 1 aliphatic heterocycles. The van der Waals surface area contributed by atoms with Crippen molar-refractivity contribution in [2.24, 2.45) is 0 Å². The van der Waals surface area contributed by atoms with Gasteiger partial charge in [0.1, 0.15) is 5.01 Å². The van der Waals surface area contributed by atoms with Crippen molar-refractivity contribution in [3.8, 4) is 0 Å². The van der Waals surface area contributed by atoms with E-state index in [4.69, 9.17) is 4.98 Å². The topological polar surface area (TPSA) is 74.3 Å². The Morgan fingerprint density at radius 3 is 2.88 bits per heavy atom. The largest absolute Gasteiger partial charge is 0.336 e. The number of benzene rings is 1. The molecule has 0 bridgehead atoms. The Balaban J connectivity index is 1.68. The van der Waals surface area contributed by atoms with Gasteiger partial charge in [-0.2, -0.15) is 0 Å². The number of fused-ring (bicyclic) bond motifs is 1. The molecule has 1 aliphatic rings. The summed E-state index contributed by atoms with van der Waals surface area (Å²) in [5.74, 6) is -0.272. The van der Waals surface area contributed by atoms with E-state index in [2.05, 4.69) is 21.6 Å². The number of hydrogen-bond acceptors (Lipinski definition) is 5. The van der Waals surface area contributed by atoms with Crippen LogP contribution in [0.25, 0.3) is 10.2 Å². The van der Waals surface area contributed by atoms with E-state index in [0.29, 0.717) is 0 Å². The number of para-hydroxylation sites is 1. The minimum absolute atomic E-state index is 0.00159. The van der Waals surface area contributed by atoms with Gasteiger partial charge in [-0.3, -0.25) is 15.0 Å². The fourth-order valence-electron chi connectivity index (χ4n) is 3.14. The summed E-state index contributed by atoms with van der Waals surface area (Å²) in [5, 5.41) is 6.14. The molecule has 0 spiro atoms. The summed E-state index contributed by atoms with van der Waals surface area (Å²) in [7, 11) is 0. The third-order valence-electron chi connectivity index (χ3n) is 4.23. The monoisotopic (exact) mass is 360 g/mol. The number of hydrogen-bond donors (Lipinski definition) is 2. The molecular formula is C18H24N4O2S. The molecule has 1 aromatic carbocycles. The molecule has 0 aliphatic carbocycles. The summed E-state index contributed by atoms with van der Waals surface area (Å²) in [4.78, 5) is 30.8. The van der Waals surface area contributed by atoms with Crippen LogP contribution in [0.3, 0.4) is 0 Å². The van der Waals surface area contributed by atoms with Gasteiger partial charge in [0.05, 0.1) is 22.8 Å².